The van der Waals surface area contributed by atoms with Gasteiger partial charge in [0.05, 0.1) is 6.10 Å². The number of aliphatic hydroxyl groups excluding tert-OH is 1. The van der Waals surface area contributed by atoms with Crippen molar-refractivity contribution < 1.29 is 5.11 Å². The Morgan fingerprint density at radius 2 is 2.06 bits per heavy atom. The highest BCUT2D eigenvalue weighted by molar-refractivity contribution is 5.15. The summed E-state index contributed by atoms with van der Waals surface area (Å²) in [5.74, 6) is 0.713. The molecule has 1 saturated carbocycles. The number of hydrogen-bond donors (Lipinski definition) is 1. The van der Waals surface area contributed by atoms with Crippen molar-refractivity contribution in [2.75, 3.05) is 0 Å². The standard InChI is InChI=1S/C14H21NO/c1-11-7-8-13(10-15-11)14(16)9-12-5-3-2-4-6-12/h7-8,10,12,14,16H,2-6,9H2,1H3. The maximum Gasteiger partial charge on any atom is 0.0807 e. The number of aromatic nitrogens is 1. The number of aliphatic hydroxyl groups is 1. The largest absolute Gasteiger partial charge is 0.388 e. The van der Waals surface area contributed by atoms with Crippen LogP contribution in [-0.4, -0.2) is 10.1 Å². The Hall–Kier alpha value is -0.890. The van der Waals surface area contributed by atoms with Gasteiger partial charge in [-0.1, -0.05) is 38.2 Å². The summed E-state index contributed by atoms with van der Waals surface area (Å²) in [6.07, 6.45) is 9.02. The van der Waals surface area contributed by atoms with Crippen molar-refractivity contribution in [1.29, 1.82) is 0 Å². The lowest BCUT2D eigenvalue weighted by Gasteiger charge is -2.24. The Balaban J connectivity index is 1.91. The molecule has 88 valence electrons. The van der Waals surface area contributed by atoms with E-state index in [9.17, 15) is 5.11 Å². The number of rotatable bonds is 3. The molecule has 0 aliphatic heterocycles. The molecule has 2 heteroatoms. The van der Waals surface area contributed by atoms with Crippen molar-refractivity contribution in [3.8, 4) is 0 Å². The molecule has 2 rings (SSSR count). The topological polar surface area (TPSA) is 33.1 Å². The van der Waals surface area contributed by atoms with E-state index in [4.69, 9.17) is 0 Å². The maximum absolute atomic E-state index is 10.1. The molecule has 0 radical (unpaired) electrons. The smallest absolute Gasteiger partial charge is 0.0807 e. The van der Waals surface area contributed by atoms with E-state index in [1.54, 1.807) is 0 Å². The summed E-state index contributed by atoms with van der Waals surface area (Å²) in [6, 6.07) is 3.97. The molecule has 1 aliphatic carbocycles. The number of hydrogen-bond acceptors (Lipinski definition) is 2. The Labute approximate surface area is 97.7 Å². The van der Waals surface area contributed by atoms with E-state index in [0.29, 0.717) is 5.92 Å². The highest BCUT2D eigenvalue weighted by Crippen LogP contribution is 2.31. The zero-order valence-corrected chi connectivity index (χ0v) is 10.0. The van der Waals surface area contributed by atoms with Crippen LogP contribution in [-0.2, 0) is 0 Å². The Kier molecular flexibility index (Phi) is 3.94. The van der Waals surface area contributed by atoms with Crippen LogP contribution in [0, 0.1) is 12.8 Å². The van der Waals surface area contributed by atoms with E-state index in [0.717, 1.165) is 17.7 Å². The molecule has 1 fully saturated rings. The maximum atomic E-state index is 10.1. The predicted octanol–water partition coefficient (Wildman–Crippen LogP) is 3.39. The van der Waals surface area contributed by atoms with Gasteiger partial charge in [-0.3, -0.25) is 4.98 Å². The molecule has 1 aromatic rings. The van der Waals surface area contributed by atoms with Gasteiger partial charge >= 0.3 is 0 Å². The molecule has 1 aromatic heterocycles. The van der Waals surface area contributed by atoms with Crippen LogP contribution in [0.1, 0.15) is 55.9 Å². The fourth-order valence-corrected chi connectivity index (χ4v) is 2.55. The van der Waals surface area contributed by atoms with Gasteiger partial charge in [-0.2, -0.15) is 0 Å². The molecule has 1 aliphatic rings. The molecule has 0 amide bonds. The molecule has 0 bridgehead atoms. The minimum Gasteiger partial charge on any atom is -0.388 e. The average Bonchev–Trinajstić information content (AvgIpc) is 2.31. The Morgan fingerprint density at radius 3 is 2.69 bits per heavy atom. The zero-order valence-electron chi connectivity index (χ0n) is 10.0. The monoisotopic (exact) mass is 219 g/mol. The summed E-state index contributed by atoms with van der Waals surface area (Å²) in [6.45, 7) is 1.97. The summed E-state index contributed by atoms with van der Waals surface area (Å²) >= 11 is 0. The highest BCUT2D eigenvalue weighted by Gasteiger charge is 2.18. The summed E-state index contributed by atoms with van der Waals surface area (Å²) in [5.41, 5.74) is 1.98. The highest BCUT2D eigenvalue weighted by atomic mass is 16.3. The molecule has 1 N–H and O–H groups in total. The molecule has 2 nitrogen and oxygen atoms in total. The molecule has 1 unspecified atom stereocenters. The molecule has 0 aromatic carbocycles. The van der Waals surface area contributed by atoms with Gasteiger partial charge in [0.15, 0.2) is 0 Å². The Bertz CT molecular complexity index is 314. The third-order valence-corrected chi connectivity index (χ3v) is 3.60. The van der Waals surface area contributed by atoms with Crippen molar-refractivity contribution >= 4 is 0 Å². The zero-order chi connectivity index (χ0) is 11.4. The second-order valence-electron chi connectivity index (χ2n) is 4.99. The summed E-state index contributed by atoms with van der Waals surface area (Å²) in [5, 5.41) is 10.1. The lowest BCUT2D eigenvalue weighted by molar-refractivity contribution is 0.131. The quantitative estimate of drug-likeness (QED) is 0.845. The Morgan fingerprint density at radius 1 is 1.31 bits per heavy atom. The van der Waals surface area contributed by atoms with E-state index in [1.165, 1.54) is 32.1 Å². The van der Waals surface area contributed by atoms with Crippen LogP contribution in [0.4, 0.5) is 0 Å². The predicted molar refractivity (Wildman–Crippen MR) is 65.1 cm³/mol. The van der Waals surface area contributed by atoms with E-state index < -0.39 is 0 Å². The van der Waals surface area contributed by atoms with Gasteiger partial charge in [0, 0.05) is 11.9 Å². The average molecular weight is 219 g/mol. The third kappa shape index (κ3) is 3.05. The first-order valence-corrected chi connectivity index (χ1v) is 6.36. The summed E-state index contributed by atoms with van der Waals surface area (Å²) in [4.78, 5) is 4.23. The molecule has 1 atom stereocenters. The van der Waals surface area contributed by atoms with E-state index >= 15 is 0 Å². The molecule has 16 heavy (non-hydrogen) atoms. The molecule has 0 saturated heterocycles. The molecule has 0 spiro atoms. The van der Waals surface area contributed by atoms with E-state index in [-0.39, 0.29) is 6.10 Å². The molecular formula is C14H21NO. The van der Waals surface area contributed by atoms with Gasteiger partial charge in [-0.25, -0.2) is 0 Å². The van der Waals surface area contributed by atoms with Crippen molar-refractivity contribution in [2.45, 2.75) is 51.6 Å². The van der Waals surface area contributed by atoms with Gasteiger partial charge in [0.1, 0.15) is 0 Å². The van der Waals surface area contributed by atoms with Crippen molar-refractivity contribution in [3.05, 3.63) is 29.6 Å². The van der Waals surface area contributed by atoms with Crippen molar-refractivity contribution in [3.63, 3.8) is 0 Å². The van der Waals surface area contributed by atoms with Crippen LogP contribution < -0.4 is 0 Å². The normalized spacial score (nSPS) is 19.6. The van der Waals surface area contributed by atoms with Crippen LogP contribution in [0.2, 0.25) is 0 Å². The van der Waals surface area contributed by atoms with Crippen LogP contribution in [0.25, 0.3) is 0 Å². The second kappa shape index (κ2) is 5.44. The number of pyridine rings is 1. The molecular weight excluding hydrogens is 198 g/mol. The molecule has 1 heterocycles. The summed E-state index contributed by atoms with van der Waals surface area (Å²) in [7, 11) is 0. The lowest BCUT2D eigenvalue weighted by Crippen LogP contribution is -2.11. The SMILES string of the molecule is Cc1ccc(C(O)CC2CCCCC2)cn1. The van der Waals surface area contributed by atoms with Gasteiger partial charge in [-0.05, 0) is 30.9 Å². The van der Waals surface area contributed by atoms with Crippen molar-refractivity contribution in [2.24, 2.45) is 5.92 Å². The van der Waals surface area contributed by atoms with Gasteiger partial charge in [-0.15, -0.1) is 0 Å². The number of nitrogens with zero attached hydrogens (tertiary/aromatic N) is 1. The van der Waals surface area contributed by atoms with Gasteiger partial charge in [0.25, 0.3) is 0 Å². The van der Waals surface area contributed by atoms with Crippen LogP contribution >= 0.6 is 0 Å². The van der Waals surface area contributed by atoms with E-state index in [2.05, 4.69) is 4.98 Å². The first-order chi connectivity index (χ1) is 7.75. The minimum atomic E-state index is -0.323. The second-order valence-corrected chi connectivity index (χ2v) is 4.99. The van der Waals surface area contributed by atoms with Crippen LogP contribution in [0.3, 0.4) is 0 Å². The summed E-state index contributed by atoms with van der Waals surface area (Å²) < 4.78 is 0. The first kappa shape index (κ1) is 11.6. The fourth-order valence-electron chi connectivity index (χ4n) is 2.55. The van der Waals surface area contributed by atoms with Crippen molar-refractivity contribution in [1.82, 2.24) is 4.98 Å². The van der Waals surface area contributed by atoms with E-state index in [1.807, 2.05) is 25.3 Å². The van der Waals surface area contributed by atoms with Crippen LogP contribution in [0.5, 0.6) is 0 Å². The van der Waals surface area contributed by atoms with Gasteiger partial charge in [0.2, 0.25) is 0 Å². The minimum absolute atomic E-state index is 0.323. The van der Waals surface area contributed by atoms with Crippen LogP contribution in [0.15, 0.2) is 18.3 Å². The first-order valence-electron chi connectivity index (χ1n) is 6.36. The van der Waals surface area contributed by atoms with Gasteiger partial charge < -0.3 is 5.11 Å². The third-order valence-electron chi connectivity index (χ3n) is 3.60. The fraction of sp³-hybridized carbons (Fsp3) is 0.643. The number of aryl methyl sites for hydroxylation is 1. The lowest BCUT2D eigenvalue weighted by atomic mass is 9.84.